The highest BCUT2D eigenvalue weighted by Crippen LogP contribution is 2.17. The normalized spacial score (nSPS) is 12.3. The number of carbonyl (C=O) groups is 1. The fourth-order valence-corrected chi connectivity index (χ4v) is 2.19. The van der Waals surface area contributed by atoms with Crippen LogP contribution in [0.25, 0.3) is 0 Å². The molecule has 0 saturated heterocycles. The lowest BCUT2D eigenvalue weighted by Crippen LogP contribution is -2.31. The topological polar surface area (TPSA) is 20.3 Å². The SMILES string of the molecule is CC(Br)CN(C)C(=O)c1ccccc1Br. The molecule has 1 rings (SSSR count). The van der Waals surface area contributed by atoms with Crippen LogP contribution in [0.15, 0.2) is 28.7 Å². The number of hydrogen-bond donors (Lipinski definition) is 0. The van der Waals surface area contributed by atoms with Crippen LogP contribution in [0.1, 0.15) is 17.3 Å². The molecule has 0 N–H and O–H groups in total. The quantitative estimate of drug-likeness (QED) is 0.777. The van der Waals surface area contributed by atoms with E-state index in [1.807, 2.05) is 31.2 Å². The van der Waals surface area contributed by atoms with E-state index in [1.54, 1.807) is 11.9 Å². The molecule has 1 aromatic carbocycles. The fourth-order valence-electron chi connectivity index (χ4n) is 1.30. The molecule has 0 aliphatic carbocycles. The van der Waals surface area contributed by atoms with Crippen molar-refractivity contribution in [3.05, 3.63) is 34.3 Å². The standard InChI is InChI=1S/C11H13Br2NO/c1-8(12)7-14(2)11(15)9-5-3-4-6-10(9)13/h3-6,8H,7H2,1-2H3. The van der Waals surface area contributed by atoms with Gasteiger partial charge in [0.05, 0.1) is 5.56 Å². The van der Waals surface area contributed by atoms with Crippen LogP contribution < -0.4 is 0 Å². The Morgan fingerprint density at radius 2 is 2.07 bits per heavy atom. The molecule has 0 aliphatic heterocycles. The molecule has 82 valence electrons. The molecule has 1 atom stereocenters. The van der Waals surface area contributed by atoms with Gasteiger partial charge in [-0.3, -0.25) is 4.79 Å². The molecule has 0 fully saturated rings. The third kappa shape index (κ3) is 3.61. The molecule has 1 aromatic rings. The van der Waals surface area contributed by atoms with Crippen molar-refractivity contribution < 1.29 is 4.79 Å². The van der Waals surface area contributed by atoms with Crippen LogP contribution in [-0.2, 0) is 0 Å². The zero-order valence-electron chi connectivity index (χ0n) is 8.71. The third-order valence-corrected chi connectivity index (χ3v) is 2.96. The van der Waals surface area contributed by atoms with E-state index in [0.29, 0.717) is 16.9 Å². The third-order valence-electron chi connectivity index (χ3n) is 1.98. The van der Waals surface area contributed by atoms with Gasteiger partial charge >= 0.3 is 0 Å². The summed E-state index contributed by atoms with van der Waals surface area (Å²) in [5.41, 5.74) is 0.702. The van der Waals surface area contributed by atoms with Gasteiger partial charge in [0, 0.05) is 22.9 Å². The minimum atomic E-state index is 0.0359. The molecule has 0 saturated carbocycles. The number of hydrogen-bond acceptors (Lipinski definition) is 1. The predicted octanol–water partition coefficient (Wildman–Crippen LogP) is 3.30. The molecule has 0 radical (unpaired) electrons. The van der Waals surface area contributed by atoms with Crippen LogP contribution in [0.4, 0.5) is 0 Å². The summed E-state index contributed by atoms with van der Waals surface area (Å²) in [6, 6.07) is 7.46. The minimum Gasteiger partial charge on any atom is -0.341 e. The zero-order chi connectivity index (χ0) is 11.4. The molecule has 1 amide bonds. The highest BCUT2D eigenvalue weighted by atomic mass is 79.9. The molecule has 0 bridgehead atoms. The molecule has 2 nitrogen and oxygen atoms in total. The van der Waals surface area contributed by atoms with Crippen molar-refractivity contribution in [1.82, 2.24) is 4.90 Å². The molecular formula is C11H13Br2NO. The first-order valence-corrected chi connectivity index (χ1v) is 6.37. The first-order valence-electron chi connectivity index (χ1n) is 4.66. The summed E-state index contributed by atoms with van der Waals surface area (Å²) < 4.78 is 0.837. The van der Waals surface area contributed by atoms with Crippen LogP contribution in [0, 0.1) is 0 Å². The van der Waals surface area contributed by atoms with Crippen molar-refractivity contribution in [3.8, 4) is 0 Å². The van der Waals surface area contributed by atoms with Crippen LogP contribution in [0.5, 0.6) is 0 Å². The van der Waals surface area contributed by atoms with Gasteiger partial charge in [-0.15, -0.1) is 0 Å². The molecule has 15 heavy (non-hydrogen) atoms. The predicted molar refractivity (Wildman–Crippen MR) is 69.5 cm³/mol. The Kier molecular flexibility index (Phi) is 4.80. The Morgan fingerprint density at radius 3 is 2.60 bits per heavy atom. The van der Waals surface area contributed by atoms with Gasteiger partial charge in [0.2, 0.25) is 0 Å². The van der Waals surface area contributed by atoms with Crippen molar-refractivity contribution in [2.24, 2.45) is 0 Å². The van der Waals surface area contributed by atoms with Gasteiger partial charge < -0.3 is 4.90 Å². The van der Waals surface area contributed by atoms with Gasteiger partial charge in [-0.2, -0.15) is 0 Å². The van der Waals surface area contributed by atoms with Gasteiger partial charge in [-0.1, -0.05) is 35.0 Å². The Balaban J connectivity index is 2.81. The van der Waals surface area contributed by atoms with E-state index in [-0.39, 0.29) is 5.91 Å². The van der Waals surface area contributed by atoms with Crippen molar-refractivity contribution in [3.63, 3.8) is 0 Å². The number of halogens is 2. The fraction of sp³-hybridized carbons (Fsp3) is 0.364. The van der Waals surface area contributed by atoms with Crippen molar-refractivity contribution in [1.29, 1.82) is 0 Å². The summed E-state index contributed by atoms with van der Waals surface area (Å²) in [4.78, 5) is 14.0. The molecule has 0 spiro atoms. The largest absolute Gasteiger partial charge is 0.341 e. The second-order valence-electron chi connectivity index (χ2n) is 3.45. The smallest absolute Gasteiger partial charge is 0.254 e. The highest BCUT2D eigenvalue weighted by molar-refractivity contribution is 9.10. The Bertz CT molecular complexity index is 352. The monoisotopic (exact) mass is 333 g/mol. The number of rotatable bonds is 3. The highest BCUT2D eigenvalue weighted by Gasteiger charge is 2.15. The van der Waals surface area contributed by atoms with E-state index in [2.05, 4.69) is 31.9 Å². The van der Waals surface area contributed by atoms with Crippen LogP contribution in [-0.4, -0.2) is 29.2 Å². The van der Waals surface area contributed by atoms with Crippen LogP contribution in [0.2, 0.25) is 0 Å². The van der Waals surface area contributed by atoms with Gasteiger partial charge in [-0.05, 0) is 28.1 Å². The van der Waals surface area contributed by atoms with Gasteiger partial charge in [0.1, 0.15) is 0 Å². The number of carbonyl (C=O) groups excluding carboxylic acids is 1. The second-order valence-corrected chi connectivity index (χ2v) is 5.86. The maximum Gasteiger partial charge on any atom is 0.254 e. The Morgan fingerprint density at radius 1 is 1.47 bits per heavy atom. The van der Waals surface area contributed by atoms with E-state index in [4.69, 9.17) is 0 Å². The molecule has 0 aliphatic rings. The van der Waals surface area contributed by atoms with Crippen molar-refractivity contribution in [2.75, 3.05) is 13.6 Å². The van der Waals surface area contributed by atoms with E-state index >= 15 is 0 Å². The number of amides is 1. The summed E-state index contributed by atoms with van der Waals surface area (Å²) in [5.74, 6) is 0.0359. The number of alkyl halides is 1. The molecule has 0 heterocycles. The average molecular weight is 335 g/mol. The summed E-state index contributed by atoms with van der Waals surface area (Å²) in [6.45, 7) is 2.71. The van der Waals surface area contributed by atoms with E-state index < -0.39 is 0 Å². The summed E-state index contributed by atoms with van der Waals surface area (Å²) >= 11 is 6.80. The molecule has 4 heteroatoms. The van der Waals surface area contributed by atoms with E-state index in [1.165, 1.54) is 0 Å². The maximum atomic E-state index is 12.0. The average Bonchev–Trinajstić information content (AvgIpc) is 2.16. The summed E-state index contributed by atoms with van der Waals surface area (Å²) in [6.07, 6.45) is 0. The first kappa shape index (κ1) is 12.7. The van der Waals surface area contributed by atoms with Gasteiger partial charge in [0.15, 0.2) is 0 Å². The van der Waals surface area contributed by atoms with E-state index in [9.17, 15) is 4.79 Å². The van der Waals surface area contributed by atoms with Crippen LogP contribution >= 0.6 is 31.9 Å². The summed E-state index contributed by atoms with van der Waals surface area (Å²) in [5, 5.41) is 0. The Labute approximate surface area is 107 Å². The van der Waals surface area contributed by atoms with Gasteiger partial charge in [-0.25, -0.2) is 0 Å². The van der Waals surface area contributed by atoms with Crippen molar-refractivity contribution in [2.45, 2.75) is 11.8 Å². The number of benzene rings is 1. The minimum absolute atomic E-state index is 0.0359. The molecule has 0 aromatic heterocycles. The molecule has 1 unspecified atom stereocenters. The lowest BCUT2D eigenvalue weighted by molar-refractivity contribution is 0.0796. The second kappa shape index (κ2) is 5.66. The lowest BCUT2D eigenvalue weighted by Gasteiger charge is -2.19. The van der Waals surface area contributed by atoms with Crippen molar-refractivity contribution >= 4 is 37.8 Å². The summed E-state index contributed by atoms with van der Waals surface area (Å²) in [7, 11) is 1.81. The molecular weight excluding hydrogens is 322 g/mol. The van der Waals surface area contributed by atoms with E-state index in [0.717, 1.165) is 4.47 Å². The van der Waals surface area contributed by atoms with Crippen LogP contribution in [0.3, 0.4) is 0 Å². The lowest BCUT2D eigenvalue weighted by atomic mass is 10.2. The Hall–Kier alpha value is -0.350. The zero-order valence-corrected chi connectivity index (χ0v) is 11.9. The maximum absolute atomic E-state index is 12.0. The number of nitrogens with zero attached hydrogens (tertiary/aromatic N) is 1. The van der Waals surface area contributed by atoms with Gasteiger partial charge in [0.25, 0.3) is 5.91 Å². The first-order chi connectivity index (χ1) is 7.02.